The number of carbonyl (C=O) groups excluding carboxylic acids is 2. The van der Waals surface area contributed by atoms with Crippen LogP contribution in [-0.2, 0) is 4.74 Å². The standard InChI is InChI=1S/C24H30N4O3/c1-5-19-15-31-24(30)28(19)20-6-7-21(17(3)13-20)23(29)27-10-8-26(9-11-27)22-18(4)12-16(2)14-25-22/h6-7,12-14,19H,5,8-11,15H2,1-4H3/t19-/m1/s1. The Morgan fingerprint density at radius 3 is 2.48 bits per heavy atom. The van der Waals surface area contributed by atoms with Crippen LogP contribution in [0.15, 0.2) is 30.5 Å². The monoisotopic (exact) mass is 422 g/mol. The maximum atomic E-state index is 13.2. The van der Waals surface area contributed by atoms with Crippen molar-refractivity contribution in [3.63, 3.8) is 0 Å². The number of rotatable bonds is 4. The zero-order valence-electron chi connectivity index (χ0n) is 18.7. The van der Waals surface area contributed by atoms with Crippen LogP contribution in [0.2, 0.25) is 0 Å². The Labute approximate surface area is 183 Å². The zero-order valence-corrected chi connectivity index (χ0v) is 18.7. The Balaban J connectivity index is 1.45. The maximum absolute atomic E-state index is 13.2. The lowest BCUT2D eigenvalue weighted by Crippen LogP contribution is -2.49. The zero-order chi connectivity index (χ0) is 22.1. The second-order valence-corrected chi connectivity index (χ2v) is 8.44. The molecule has 0 unspecified atom stereocenters. The molecule has 3 heterocycles. The van der Waals surface area contributed by atoms with Crippen LogP contribution < -0.4 is 9.80 Å². The number of amides is 2. The van der Waals surface area contributed by atoms with Gasteiger partial charge in [-0.15, -0.1) is 0 Å². The molecule has 2 saturated heterocycles. The predicted molar refractivity (Wildman–Crippen MR) is 121 cm³/mol. The van der Waals surface area contributed by atoms with Gasteiger partial charge in [0.25, 0.3) is 5.91 Å². The summed E-state index contributed by atoms with van der Waals surface area (Å²) in [6, 6.07) is 7.79. The van der Waals surface area contributed by atoms with Crippen molar-refractivity contribution in [3.8, 4) is 0 Å². The van der Waals surface area contributed by atoms with E-state index in [0.29, 0.717) is 25.3 Å². The van der Waals surface area contributed by atoms with E-state index in [1.807, 2.05) is 50.1 Å². The first-order valence-corrected chi connectivity index (χ1v) is 10.9. The fourth-order valence-electron chi connectivity index (χ4n) is 4.45. The smallest absolute Gasteiger partial charge is 0.414 e. The molecule has 1 aromatic carbocycles. The van der Waals surface area contributed by atoms with Gasteiger partial charge in [0, 0.05) is 43.6 Å². The molecule has 31 heavy (non-hydrogen) atoms. The van der Waals surface area contributed by atoms with Gasteiger partial charge in [0.15, 0.2) is 0 Å². The van der Waals surface area contributed by atoms with Crippen LogP contribution in [0, 0.1) is 20.8 Å². The number of anilines is 2. The number of benzene rings is 1. The van der Waals surface area contributed by atoms with Gasteiger partial charge >= 0.3 is 6.09 Å². The molecule has 2 aliphatic heterocycles. The van der Waals surface area contributed by atoms with Crippen molar-refractivity contribution in [2.75, 3.05) is 42.6 Å². The third-order valence-corrected chi connectivity index (χ3v) is 6.20. The summed E-state index contributed by atoms with van der Waals surface area (Å²) < 4.78 is 5.20. The van der Waals surface area contributed by atoms with E-state index in [4.69, 9.17) is 4.74 Å². The molecular weight excluding hydrogens is 392 g/mol. The first-order chi connectivity index (χ1) is 14.9. The number of cyclic esters (lactones) is 1. The molecular formula is C24H30N4O3. The van der Waals surface area contributed by atoms with Crippen molar-refractivity contribution < 1.29 is 14.3 Å². The Kier molecular flexibility index (Phi) is 5.85. The van der Waals surface area contributed by atoms with Crippen LogP contribution in [0.1, 0.15) is 40.4 Å². The van der Waals surface area contributed by atoms with Crippen LogP contribution >= 0.6 is 0 Å². The van der Waals surface area contributed by atoms with Crippen molar-refractivity contribution >= 4 is 23.5 Å². The highest BCUT2D eigenvalue weighted by Crippen LogP contribution is 2.28. The van der Waals surface area contributed by atoms with E-state index in [2.05, 4.69) is 22.9 Å². The van der Waals surface area contributed by atoms with Gasteiger partial charge in [-0.2, -0.15) is 0 Å². The second-order valence-electron chi connectivity index (χ2n) is 8.44. The minimum atomic E-state index is -0.318. The van der Waals surface area contributed by atoms with Crippen molar-refractivity contribution in [2.45, 2.75) is 40.2 Å². The van der Waals surface area contributed by atoms with Gasteiger partial charge in [-0.3, -0.25) is 9.69 Å². The molecule has 2 amide bonds. The van der Waals surface area contributed by atoms with Gasteiger partial charge in [0.05, 0.1) is 6.04 Å². The molecule has 2 fully saturated rings. The number of hydrogen-bond donors (Lipinski definition) is 0. The molecule has 0 spiro atoms. The largest absolute Gasteiger partial charge is 0.447 e. The van der Waals surface area contributed by atoms with E-state index in [1.165, 1.54) is 0 Å². The number of ether oxygens (including phenoxy) is 1. The quantitative estimate of drug-likeness (QED) is 0.752. The van der Waals surface area contributed by atoms with Crippen LogP contribution in [0.4, 0.5) is 16.3 Å². The summed E-state index contributed by atoms with van der Waals surface area (Å²) in [5.74, 6) is 1.04. The summed E-state index contributed by atoms with van der Waals surface area (Å²) in [6.07, 6.45) is 2.40. The van der Waals surface area contributed by atoms with Gasteiger partial charge in [-0.1, -0.05) is 13.0 Å². The molecule has 164 valence electrons. The fraction of sp³-hybridized carbons (Fsp3) is 0.458. The molecule has 0 radical (unpaired) electrons. The number of aromatic nitrogens is 1. The Hall–Kier alpha value is -3.09. The molecule has 1 aromatic heterocycles. The topological polar surface area (TPSA) is 66.0 Å². The second kappa shape index (κ2) is 8.57. The molecule has 2 aromatic rings. The minimum Gasteiger partial charge on any atom is -0.447 e. The lowest BCUT2D eigenvalue weighted by molar-refractivity contribution is 0.0746. The fourth-order valence-corrected chi connectivity index (χ4v) is 4.45. The number of carbonyl (C=O) groups is 2. The van der Waals surface area contributed by atoms with Crippen molar-refractivity contribution in [3.05, 3.63) is 52.7 Å². The number of aryl methyl sites for hydroxylation is 3. The molecule has 0 N–H and O–H groups in total. The van der Waals surface area contributed by atoms with Gasteiger partial charge in [-0.05, 0) is 62.1 Å². The van der Waals surface area contributed by atoms with E-state index >= 15 is 0 Å². The lowest BCUT2D eigenvalue weighted by atomic mass is 10.0. The first-order valence-electron chi connectivity index (χ1n) is 10.9. The van der Waals surface area contributed by atoms with Crippen LogP contribution in [0.3, 0.4) is 0 Å². The number of hydrogen-bond acceptors (Lipinski definition) is 5. The van der Waals surface area contributed by atoms with Crippen molar-refractivity contribution in [2.24, 2.45) is 0 Å². The van der Waals surface area contributed by atoms with Crippen LogP contribution in [0.5, 0.6) is 0 Å². The molecule has 7 nitrogen and oxygen atoms in total. The number of pyridine rings is 1. The maximum Gasteiger partial charge on any atom is 0.414 e. The number of piperazine rings is 1. The first kappa shape index (κ1) is 21.2. The minimum absolute atomic E-state index is 0.0355. The molecule has 1 atom stereocenters. The predicted octanol–water partition coefficient (Wildman–Crippen LogP) is 3.70. The number of nitrogens with zero attached hydrogens (tertiary/aromatic N) is 4. The molecule has 4 rings (SSSR count). The van der Waals surface area contributed by atoms with E-state index in [9.17, 15) is 9.59 Å². The molecule has 0 saturated carbocycles. The van der Waals surface area contributed by atoms with E-state index in [1.54, 1.807) is 4.90 Å². The van der Waals surface area contributed by atoms with Gasteiger partial charge in [-0.25, -0.2) is 9.78 Å². The third kappa shape index (κ3) is 4.09. The Morgan fingerprint density at radius 1 is 1.10 bits per heavy atom. The summed E-state index contributed by atoms with van der Waals surface area (Å²) in [6.45, 7) is 11.3. The van der Waals surface area contributed by atoms with E-state index in [-0.39, 0.29) is 18.0 Å². The van der Waals surface area contributed by atoms with Gasteiger partial charge in [0.2, 0.25) is 0 Å². The highest BCUT2D eigenvalue weighted by molar-refractivity contribution is 5.97. The SMILES string of the molecule is CC[C@@H]1COC(=O)N1c1ccc(C(=O)N2CCN(c3ncc(C)cc3C)CC2)c(C)c1. The lowest BCUT2D eigenvalue weighted by Gasteiger charge is -2.36. The summed E-state index contributed by atoms with van der Waals surface area (Å²) in [7, 11) is 0. The summed E-state index contributed by atoms with van der Waals surface area (Å²) >= 11 is 0. The normalized spacial score (nSPS) is 19.0. The van der Waals surface area contributed by atoms with E-state index in [0.717, 1.165) is 47.7 Å². The Bertz CT molecular complexity index is 998. The highest BCUT2D eigenvalue weighted by atomic mass is 16.6. The summed E-state index contributed by atoms with van der Waals surface area (Å²) in [4.78, 5) is 35.7. The summed E-state index contributed by atoms with van der Waals surface area (Å²) in [5.41, 5.74) is 4.66. The van der Waals surface area contributed by atoms with E-state index < -0.39 is 0 Å². The molecule has 7 heteroatoms. The van der Waals surface area contributed by atoms with Crippen molar-refractivity contribution in [1.29, 1.82) is 0 Å². The molecule has 0 bridgehead atoms. The summed E-state index contributed by atoms with van der Waals surface area (Å²) in [5, 5.41) is 0. The van der Waals surface area contributed by atoms with Gasteiger partial charge in [0.1, 0.15) is 12.4 Å². The highest BCUT2D eigenvalue weighted by Gasteiger charge is 2.33. The van der Waals surface area contributed by atoms with Crippen LogP contribution in [0.25, 0.3) is 0 Å². The molecule has 0 aliphatic carbocycles. The average molecular weight is 423 g/mol. The molecule has 2 aliphatic rings. The van der Waals surface area contributed by atoms with Gasteiger partial charge < -0.3 is 14.5 Å². The average Bonchev–Trinajstić information content (AvgIpc) is 3.14. The van der Waals surface area contributed by atoms with Crippen LogP contribution in [-0.4, -0.2) is 60.7 Å². The third-order valence-electron chi connectivity index (χ3n) is 6.20. The Morgan fingerprint density at radius 2 is 1.84 bits per heavy atom. The van der Waals surface area contributed by atoms with Crippen molar-refractivity contribution in [1.82, 2.24) is 9.88 Å².